The van der Waals surface area contributed by atoms with E-state index in [0.29, 0.717) is 24.7 Å². The summed E-state index contributed by atoms with van der Waals surface area (Å²) in [6.07, 6.45) is -6.76. The van der Waals surface area contributed by atoms with Crippen LogP contribution in [0.15, 0.2) is 23.3 Å². The molecule has 3 saturated carbocycles. The highest BCUT2D eigenvalue weighted by atomic mass is 16.8. The lowest BCUT2D eigenvalue weighted by molar-refractivity contribution is -0.355. The summed E-state index contributed by atoms with van der Waals surface area (Å²) >= 11 is 0. The van der Waals surface area contributed by atoms with E-state index in [2.05, 4.69) is 19.9 Å². The van der Waals surface area contributed by atoms with Crippen LogP contribution < -0.4 is 0 Å². The average Bonchev–Trinajstić information content (AvgIpc) is 3.77. The predicted molar refractivity (Wildman–Crippen MR) is 202 cm³/mol. The number of carbonyl (C=O) groups excluding carboxylic acids is 1. The maximum atomic E-state index is 12.5. The highest BCUT2D eigenvalue weighted by Crippen LogP contribution is 2.68. The number of rotatable bonds is 10. The summed E-state index contributed by atoms with van der Waals surface area (Å²) in [4.78, 5) is 11.9. The van der Waals surface area contributed by atoms with Gasteiger partial charge in [-0.05, 0) is 87.0 Å². The van der Waals surface area contributed by atoms with Gasteiger partial charge >= 0.3 is 5.97 Å². The third-order valence-electron chi connectivity index (χ3n) is 15.9. The van der Waals surface area contributed by atoms with Crippen molar-refractivity contribution in [2.45, 2.75) is 176 Å². The molecule has 8 aliphatic rings. The van der Waals surface area contributed by atoms with E-state index in [-0.39, 0.29) is 30.0 Å². The van der Waals surface area contributed by atoms with Crippen molar-refractivity contribution < 1.29 is 83.5 Å². The zero-order chi connectivity index (χ0) is 42.2. The zero-order valence-electron chi connectivity index (χ0n) is 34.3. The van der Waals surface area contributed by atoms with Gasteiger partial charge in [0, 0.05) is 30.6 Å². The summed E-state index contributed by atoms with van der Waals surface area (Å²) in [7, 11) is 1.54. The van der Waals surface area contributed by atoms with Crippen molar-refractivity contribution in [3.05, 3.63) is 23.3 Å². The molecule has 8 rings (SSSR count). The normalized spacial score (nSPS) is 52.5. The second kappa shape index (κ2) is 16.8. The summed E-state index contributed by atoms with van der Waals surface area (Å²) in [6.45, 7) is 5.53. The Morgan fingerprint density at radius 2 is 1.53 bits per heavy atom. The minimum atomic E-state index is -1.70. The smallest absolute Gasteiger partial charge is 0.331 e. The second-order valence-corrected chi connectivity index (χ2v) is 18.8. The van der Waals surface area contributed by atoms with Crippen LogP contribution in [0.5, 0.6) is 0 Å². The Balaban J connectivity index is 0.857. The van der Waals surface area contributed by atoms with Gasteiger partial charge in [0.15, 0.2) is 18.9 Å². The molecule has 0 aromatic heterocycles. The molecule has 59 heavy (non-hydrogen) atoms. The number of esters is 1. The van der Waals surface area contributed by atoms with Crippen LogP contribution in [0.4, 0.5) is 0 Å². The second-order valence-electron chi connectivity index (χ2n) is 18.8. The van der Waals surface area contributed by atoms with E-state index in [1.165, 1.54) is 0 Å². The third-order valence-corrected chi connectivity index (χ3v) is 15.9. The standard InChI is InChI=1S/C42H64O17/c1-19-37(59-39-36(50)34(48)32(46)28(58-39)18-54-38-35(49)33(47)31(45)27(16-43)57-38)26(52-4)15-30(55-19)56-22-7-10-40(2)21(14-22)5-6-25-24(40)8-11-41(3)23(9-12-42(25,41)51)20-13-29(44)53-17-20/h9,13,19,21-22,24-28,30-39,43,45-51H,5-8,10-12,14-18H2,1-4H3/t19-,21-,22+,24+,25-,26-,27-,28-,30+,31-,32-,33+,34+,35-,36-,37+,38-,39+,40+,41-,42+/m1/s1. The first-order valence-electron chi connectivity index (χ1n) is 21.4. The lowest BCUT2D eigenvalue weighted by Crippen LogP contribution is -2.63. The number of ether oxygens (including phenoxy) is 8. The van der Waals surface area contributed by atoms with E-state index in [0.717, 1.165) is 56.1 Å². The summed E-state index contributed by atoms with van der Waals surface area (Å²) in [5.41, 5.74) is 0.766. The minimum absolute atomic E-state index is 0.0371. The van der Waals surface area contributed by atoms with Crippen LogP contribution in [0.1, 0.15) is 78.6 Å². The number of methoxy groups -OCH3 is 1. The first-order chi connectivity index (χ1) is 28.0. The monoisotopic (exact) mass is 840 g/mol. The Kier molecular flexibility index (Phi) is 12.5. The molecule has 0 spiro atoms. The molecule has 6 fully saturated rings. The van der Waals surface area contributed by atoms with Gasteiger partial charge in [-0.2, -0.15) is 0 Å². The molecule has 0 amide bonds. The number of carbonyl (C=O) groups is 1. The van der Waals surface area contributed by atoms with Gasteiger partial charge in [-0.3, -0.25) is 0 Å². The highest BCUT2D eigenvalue weighted by molar-refractivity contribution is 5.86. The zero-order valence-corrected chi connectivity index (χ0v) is 34.3. The molecule has 3 saturated heterocycles. The first kappa shape index (κ1) is 44.0. The quantitative estimate of drug-likeness (QED) is 0.104. The van der Waals surface area contributed by atoms with E-state index in [4.69, 9.17) is 37.9 Å². The number of cyclic esters (lactones) is 1. The lowest BCUT2D eigenvalue weighted by Gasteiger charge is -2.63. The van der Waals surface area contributed by atoms with Gasteiger partial charge in [-0.15, -0.1) is 0 Å². The fraction of sp³-hybridized carbons (Fsp3) is 0.881. The minimum Gasteiger partial charge on any atom is -0.458 e. The molecule has 17 nitrogen and oxygen atoms in total. The van der Waals surface area contributed by atoms with Crippen LogP contribution >= 0.6 is 0 Å². The number of aliphatic hydroxyl groups is 8. The first-order valence-corrected chi connectivity index (χ1v) is 21.4. The van der Waals surface area contributed by atoms with E-state index < -0.39 is 110 Å². The highest BCUT2D eigenvalue weighted by Gasteiger charge is 2.66. The van der Waals surface area contributed by atoms with E-state index in [1.54, 1.807) is 20.1 Å². The van der Waals surface area contributed by atoms with Gasteiger partial charge in [0.05, 0.1) is 37.1 Å². The van der Waals surface area contributed by atoms with Crippen LogP contribution in [0.2, 0.25) is 0 Å². The van der Waals surface area contributed by atoms with Crippen molar-refractivity contribution in [1.82, 2.24) is 0 Å². The van der Waals surface area contributed by atoms with Crippen molar-refractivity contribution in [3.63, 3.8) is 0 Å². The molecule has 0 radical (unpaired) electrons. The Morgan fingerprint density at radius 1 is 0.814 bits per heavy atom. The number of hydrogen-bond acceptors (Lipinski definition) is 17. The molecule has 4 aliphatic carbocycles. The fourth-order valence-electron chi connectivity index (χ4n) is 12.3. The largest absolute Gasteiger partial charge is 0.458 e. The number of aliphatic hydroxyl groups excluding tert-OH is 7. The fourth-order valence-corrected chi connectivity index (χ4v) is 12.3. The van der Waals surface area contributed by atoms with Crippen molar-refractivity contribution in [2.24, 2.45) is 28.6 Å². The molecule has 0 bridgehead atoms. The van der Waals surface area contributed by atoms with Gasteiger partial charge < -0.3 is 78.7 Å². The van der Waals surface area contributed by atoms with Crippen molar-refractivity contribution in [2.75, 3.05) is 26.9 Å². The van der Waals surface area contributed by atoms with Crippen molar-refractivity contribution in [3.8, 4) is 0 Å². The Hall–Kier alpha value is -1.65. The summed E-state index contributed by atoms with van der Waals surface area (Å²) in [5, 5.41) is 84.9. The van der Waals surface area contributed by atoms with Gasteiger partial charge in [0.1, 0.15) is 61.5 Å². The molecule has 8 N–H and O–H groups in total. The summed E-state index contributed by atoms with van der Waals surface area (Å²) < 4.78 is 47.2. The SMILES string of the molecule is CO[C@@H]1C[C@H](O[C@H]2CC[C@@]3(C)[C@H](CC[C@@H]4[C@@H]3CC[C@]3(C)C(C5=CC(=O)OC5)=CC[C@]43O)C2)O[C@H](C)[C@@H]1O[C@@H]1O[C@H](CO[C@@H]2O[C@H](CO)[C@@H](O)[C@H](O)[C@H]2O)[C@@H](O)[C@H](O)[C@H]1O. The van der Waals surface area contributed by atoms with Crippen LogP contribution in [-0.2, 0) is 42.7 Å². The van der Waals surface area contributed by atoms with Gasteiger partial charge in [-0.25, -0.2) is 4.79 Å². The number of hydrogen-bond donors (Lipinski definition) is 8. The molecule has 4 aliphatic heterocycles. The number of fused-ring (bicyclic) bond motifs is 5. The predicted octanol–water partition coefficient (Wildman–Crippen LogP) is -0.292. The van der Waals surface area contributed by atoms with Crippen molar-refractivity contribution >= 4 is 5.97 Å². The van der Waals surface area contributed by atoms with E-state index in [1.807, 2.05) is 0 Å². The van der Waals surface area contributed by atoms with Crippen molar-refractivity contribution in [1.29, 1.82) is 0 Å². The average molecular weight is 841 g/mol. The third kappa shape index (κ3) is 7.56. The van der Waals surface area contributed by atoms with Gasteiger partial charge in [0.25, 0.3) is 0 Å². The molecule has 4 heterocycles. The molecule has 0 aromatic rings. The molecular weight excluding hydrogens is 776 g/mol. The van der Waals surface area contributed by atoms with Gasteiger partial charge in [0.2, 0.25) is 0 Å². The molecule has 17 heteroatoms. The van der Waals surface area contributed by atoms with Gasteiger partial charge in [-0.1, -0.05) is 19.9 Å². The molecule has 0 unspecified atom stereocenters. The lowest BCUT2D eigenvalue weighted by atomic mass is 9.43. The molecular formula is C42H64O17. The van der Waals surface area contributed by atoms with Crippen LogP contribution in [0, 0.1) is 28.6 Å². The van der Waals surface area contributed by atoms with Crippen LogP contribution in [0.3, 0.4) is 0 Å². The summed E-state index contributed by atoms with van der Waals surface area (Å²) in [5.74, 6) is 0.650. The Labute approximate surface area is 344 Å². The Morgan fingerprint density at radius 3 is 2.22 bits per heavy atom. The molecule has 0 aromatic carbocycles. The van der Waals surface area contributed by atoms with Crippen LogP contribution in [-0.4, -0.2) is 171 Å². The summed E-state index contributed by atoms with van der Waals surface area (Å²) in [6, 6.07) is 0. The van der Waals surface area contributed by atoms with Crippen LogP contribution in [0.25, 0.3) is 0 Å². The molecule has 334 valence electrons. The molecule has 21 atom stereocenters. The van der Waals surface area contributed by atoms with E-state index in [9.17, 15) is 45.6 Å². The maximum absolute atomic E-state index is 12.5. The maximum Gasteiger partial charge on any atom is 0.331 e. The topological polar surface area (TPSA) is 253 Å². The Bertz CT molecular complexity index is 1590. The van der Waals surface area contributed by atoms with E-state index >= 15 is 0 Å².